The lowest BCUT2D eigenvalue weighted by Crippen LogP contribution is -2.23. The van der Waals surface area contributed by atoms with Gasteiger partial charge in [0, 0.05) is 24.5 Å². The van der Waals surface area contributed by atoms with Crippen molar-refractivity contribution in [1.29, 1.82) is 0 Å². The molecular weight excluding hydrogens is 343 g/mol. The SMILES string of the molecule is O=C(NCc1ccccc1Cn1cccn1)c1ccc(C(F)(F)F)cc1. The van der Waals surface area contributed by atoms with E-state index in [4.69, 9.17) is 0 Å². The number of carbonyl (C=O) groups excluding carboxylic acids is 1. The predicted octanol–water partition coefficient (Wildman–Crippen LogP) is 3.88. The first-order valence-electron chi connectivity index (χ1n) is 7.93. The third-order valence-electron chi connectivity index (χ3n) is 3.92. The van der Waals surface area contributed by atoms with Crippen LogP contribution in [0.15, 0.2) is 67.0 Å². The number of rotatable bonds is 5. The summed E-state index contributed by atoms with van der Waals surface area (Å²) >= 11 is 0. The monoisotopic (exact) mass is 359 g/mol. The lowest BCUT2D eigenvalue weighted by Gasteiger charge is -2.12. The Bertz CT molecular complexity index is 872. The van der Waals surface area contributed by atoms with Crippen LogP contribution >= 0.6 is 0 Å². The Labute approximate surface area is 148 Å². The fraction of sp³-hybridized carbons (Fsp3) is 0.158. The quantitative estimate of drug-likeness (QED) is 0.752. The Morgan fingerprint density at radius 2 is 1.69 bits per heavy atom. The van der Waals surface area contributed by atoms with E-state index in [1.165, 1.54) is 12.1 Å². The average molecular weight is 359 g/mol. The minimum absolute atomic E-state index is 0.183. The first-order valence-corrected chi connectivity index (χ1v) is 7.93. The Morgan fingerprint density at radius 1 is 1.00 bits per heavy atom. The van der Waals surface area contributed by atoms with Gasteiger partial charge in [-0.2, -0.15) is 18.3 Å². The molecule has 0 atom stereocenters. The van der Waals surface area contributed by atoms with Gasteiger partial charge in [0.2, 0.25) is 0 Å². The molecule has 1 heterocycles. The van der Waals surface area contributed by atoms with E-state index in [-0.39, 0.29) is 12.1 Å². The molecule has 0 bridgehead atoms. The van der Waals surface area contributed by atoms with Crippen molar-refractivity contribution in [3.05, 3.63) is 89.2 Å². The van der Waals surface area contributed by atoms with Gasteiger partial charge in [-0.05, 0) is 41.5 Å². The number of aromatic nitrogens is 2. The molecular formula is C19H16F3N3O. The lowest BCUT2D eigenvalue weighted by molar-refractivity contribution is -0.137. The largest absolute Gasteiger partial charge is 0.416 e. The van der Waals surface area contributed by atoms with Crippen molar-refractivity contribution in [1.82, 2.24) is 15.1 Å². The van der Waals surface area contributed by atoms with Gasteiger partial charge in [-0.25, -0.2) is 0 Å². The summed E-state index contributed by atoms with van der Waals surface area (Å²) in [4.78, 5) is 12.2. The van der Waals surface area contributed by atoms with Gasteiger partial charge in [0.1, 0.15) is 0 Å². The molecule has 1 amide bonds. The minimum atomic E-state index is -4.42. The van der Waals surface area contributed by atoms with E-state index in [9.17, 15) is 18.0 Å². The van der Waals surface area contributed by atoms with E-state index in [0.29, 0.717) is 6.54 Å². The van der Waals surface area contributed by atoms with E-state index in [1.54, 1.807) is 10.9 Å². The molecule has 4 nitrogen and oxygen atoms in total. The standard InChI is InChI=1S/C19H16F3N3O/c20-19(21,22)17-8-6-14(7-9-17)18(26)23-12-15-4-1-2-5-16(15)13-25-11-3-10-24-25/h1-11H,12-13H2,(H,23,26). The highest BCUT2D eigenvalue weighted by atomic mass is 19.4. The third kappa shape index (κ3) is 4.30. The fourth-order valence-corrected chi connectivity index (χ4v) is 2.54. The van der Waals surface area contributed by atoms with Crippen molar-refractivity contribution >= 4 is 5.91 Å². The summed E-state index contributed by atoms with van der Waals surface area (Å²) in [6.45, 7) is 0.844. The number of hydrogen-bond donors (Lipinski definition) is 1. The molecule has 0 aliphatic rings. The van der Waals surface area contributed by atoms with Crippen molar-refractivity contribution in [3.63, 3.8) is 0 Å². The molecule has 1 aromatic heterocycles. The van der Waals surface area contributed by atoms with Gasteiger partial charge in [0.15, 0.2) is 0 Å². The second-order valence-corrected chi connectivity index (χ2v) is 5.73. The Hall–Kier alpha value is -3.09. The smallest absolute Gasteiger partial charge is 0.348 e. The number of hydrogen-bond acceptors (Lipinski definition) is 2. The molecule has 0 radical (unpaired) electrons. The van der Waals surface area contributed by atoms with E-state index >= 15 is 0 Å². The summed E-state index contributed by atoms with van der Waals surface area (Å²) in [5.74, 6) is -0.424. The fourth-order valence-electron chi connectivity index (χ4n) is 2.54. The summed E-state index contributed by atoms with van der Waals surface area (Å²) in [7, 11) is 0. The minimum Gasteiger partial charge on any atom is -0.348 e. The van der Waals surface area contributed by atoms with Crippen LogP contribution in [0, 0.1) is 0 Å². The summed E-state index contributed by atoms with van der Waals surface area (Å²) in [6, 6.07) is 13.6. The first kappa shape index (κ1) is 17.7. The molecule has 0 saturated carbocycles. The van der Waals surface area contributed by atoms with Crippen LogP contribution in [0.3, 0.4) is 0 Å². The number of halogens is 3. The number of nitrogens with zero attached hydrogens (tertiary/aromatic N) is 2. The molecule has 1 N–H and O–H groups in total. The molecule has 7 heteroatoms. The highest BCUT2D eigenvalue weighted by molar-refractivity contribution is 5.94. The third-order valence-corrected chi connectivity index (χ3v) is 3.92. The zero-order chi connectivity index (χ0) is 18.6. The predicted molar refractivity (Wildman–Crippen MR) is 90.4 cm³/mol. The zero-order valence-corrected chi connectivity index (χ0v) is 13.7. The first-order chi connectivity index (χ1) is 12.4. The van der Waals surface area contributed by atoms with Crippen LogP contribution in [0.5, 0.6) is 0 Å². The summed E-state index contributed by atoms with van der Waals surface area (Å²) in [6.07, 6.45) is -0.882. The van der Waals surface area contributed by atoms with Crippen LogP contribution in [0.2, 0.25) is 0 Å². The maximum Gasteiger partial charge on any atom is 0.416 e. The summed E-state index contributed by atoms with van der Waals surface area (Å²) in [5.41, 5.74) is 1.33. The van der Waals surface area contributed by atoms with E-state index in [0.717, 1.165) is 23.3 Å². The van der Waals surface area contributed by atoms with Crippen molar-refractivity contribution in [2.75, 3.05) is 0 Å². The summed E-state index contributed by atoms with van der Waals surface area (Å²) in [5, 5.41) is 6.90. The number of benzene rings is 2. The molecule has 2 aromatic carbocycles. The van der Waals surface area contributed by atoms with Gasteiger partial charge in [-0.3, -0.25) is 9.48 Å². The van der Waals surface area contributed by atoms with Crippen molar-refractivity contribution in [3.8, 4) is 0 Å². The van der Waals surface area contributed by atoms with Crippen LogP contribution in [-0.2, 0) is 19.3 Å². The number of alkyl halides is 3. The van der Waals surface area contributed by atoms with Crippen LogP contribution in [0.25, 0.3) is 0 Å². The van der Waals surface area contributed by atoms with Crippen LogP contribution in [-0.4, -0.2) is 15.7 Å². The number of amides is 1. The van der Waals surface area contributed by atoms with Gasteiger partial charge in [-0.15, -0.1) is 0 Å². The van der Waals surface area contributed by atoms with Crippen molar-refractivity contribution in [2.24, 2.45) is 0 Å². The molecule has 0 aliphatic carbocycles. The molecule has 0 spiro atoms. The van der Waals surface area contributed by atoms with Gasteiger partial charge < -0.3 is 5.32 Å². The van der Waals surface area contributed by atoms with Crippen molar-refractivity contribution < 1.29 is 18.0 Å². The maximum atomic E-state index is 12.6. The van der Waals surface area contributed by atoms with Gasteiger partial charge in [0.25, 0.3) is 5.91 Å². The second-order valence-electron chi connectivity index (χ2n) is 5.73. The normalized spacial score (nSPS) is 11.3. The van der Waals surface area contributed by atoms with Crippen LogP contribution in [0.4, 0.5) is 13.2 Å². The van der Waals surface area contributed by atoms with Gasteiger partial charge in [-0.1, -0.05) is 24.3 Å². The lowest BCUT2D eigenvalue weighted by atomic mass is 10.1. The molecule has 0 unspecified atom stereocenters. The molecule has 0 fully saturated rings. The van der Waals surface area contributed by atoms with Gasteiger partial charge in [0.05, 0.1) is 12.1 Å². The van der Waals surface area contributed by atoms with E-state index < -0.39 is 17.6 Å². The van der Waals surface area contributed by atoms with Crippen LogP contribution in [0.1, 0.15) is 27.0 Å². The average Bonchev–Trinajstić information content (AvgIpc) is 3.13. The molecule has 0 aliphatic heterocycles. The highest BCUT2D eigenvalue weighted by Crippen LogP contribution is 2.29. The molecule has 26 heavy (non-hydrogen) atoms. The Morgan fingerprint density at radius 3 is 2.31 bits per heavy atom. The molecule has 134 valence electrons. The van der Waals surface area contributed by atoms with Crippen molar-refractivity contribution in [2.45, 2.75) is 19.3 Å². The highest BCUT2D eigenvalue weighted by Gasteiger charge is 2.30. The van der Waals surface area contributed by atoms with Gasteiger partial charge >= 0.3 is 6.18 Å². The molecule has 0 saturated heterocycles. The summed E-state index contributed by atoms with van der Waals surface area (Å²) < 4.78 is 39.5. The number of nitrogens with one attached hydrogen (secondary N) is 1. The van der Waals surface area contributed by atoms with E-state index in [2.05, 4.69) is 10.4 Å². The second kappa shape index (κ2) is 7.43. The zero-order valence-electron chi connectivity index (χ0n) is 13.7. The van der Waals surface area contributed by atoms with E-state index in [1.807, 2.05) is 36.5 Å². The van der Waals surface area contributed by atoms with Crippen LogP contribution < -0.4 is 5.32 Å². The topological polar surface area (TPSA) is 46.9 Å². The molecule has 3 aromatic rings. The molecule has 3 rings (SSSR count). The Balaban J connectivity index is 1.66. The number of carbonyl (C=O) groups is 1. The maximum absolute atomic E-state index is 12.6. The Kier molecular flexibility index (Phi) is 5.06.